The van der Waals surface area contributed by atoms with Gasteiger partial charge >= 0.3 is 5.97 Å². The molecule has 0 spiro atoms. The van der Waals surface area contributed by atoms with E-state index in [0.29, 0.717) is 19.4 Å². The van der Waals surface area contributed by atoms with Crippen LogP contribution in [0.15, 0.2) is 0 Å². The number of thioether (sulfide) groups is 1. The van der Waals surface area contributed by atoms with Gasteiger partial charge in [-0.1, -0.05) is 13.3 Å². The molecule has 0 N–H and O–H groups in total. The number of halogens is 2. The summed E-state index contributed by atoms with van der Waals surface area (Å²) in [5.74, 6) is 0.767. The Morgan fingerprint density at radius 2 is 2.00 bits per heavy atom. The van der Waals surface area contributed by atoms with Crippen molar-refractivity contribution in [1.29, 1.82) is 0 Å². The minimum absolute atomic E-state index is 0.00827. The number of carbonyl (C=O) groups is 1. The van der Waals surface area contributed by atoms with Gasteiger partial charge in [-0.25, -0.2) is 8.78 Å². The molecule has 1 unspecified atom stereocenters. The van der Waals surface area contributed by atoms with Gasteiger partial charge in [-0.05, 0) is 25.5 Å². The van der Waals surface area contributed by atoms with E-state index in [1.54, 1.807) is 18.7 Å². The van der Waals surface area contributed by atoms with E-state index in [1.165, 1.54) is 0 Å². The Bertz CT molecular complexity index is 201. The molecule has 0 amide bonds. The second-order valence-corrected chi connectivity index (χ2v) is 5.50. The van der Waals surface area contributed by atoms with Crippen molar-refractivity contribution in [2.24, 2.45) is 0 Å². The molecule has 0 aromatic rings. The van der Waals surface area contributed by atoms with E-state index >= 15 is 0 Å². The zero-order valence-corrected chi connectivity index (χ0v) is 11.4. The van der Waals surface area contributed by atoms with Crippen LogP contribution >= 0.6 is 11.8 Å². The van der Waals surface area contributed by atoms with Crippen molar-refractivity contribution in [3.8, 4) is 0 Å². The summed E-state index contributed by atoms with van der Waals surface area (Å²) in [5, 5.41) is 0.278. The molecule has 0 saturated heterocycles. The topological polar surface area (TPSA) is 26.3 Å². The standard InChI is InChI=1S/C12H22F2O2S/c1-3-12(15)16-9-10(2)17-8-6-4-5-7-11(13)14/h10-11H,3-9H2,1-2H3. The van der Waals surface area contributed by atoms with Crippen molar-refractivity contribution in [2.45, 2.75) is 57.6 Å². The van der Waals surface area contributed by atoms with Crippen LogP contribution in [0, 0.1) is 0 Å². The minimum atomic E-state index is -2.17. The Kier molecular flexibility index (Phi) is 10.6. The number of hydrogen-bond donors (Lipinski definition) is 0. The predicted molar refractivity (Wildman–Crippen MR) is 67.6 cm³/mol. The molecule has 0 aromatic heterocycles. The molecule has 1 atom stereocenters. The first kappa shape index (κ1) is 16.7. The lowest BCUT2D eigenvalue weighted by molar-refractivity contribution is -0.143. The summed E-state index contributed by atoms with van der Waals surface area (Å²) in [6.45, 7) is 4.21. The molecular weight excluding hydrogens is 246 g/mol. The zero-order valence-electron chi connectivity index (χ0n) is 10.6. The Balaban J connectivity index is 3.27. The summed E-state index contributed by atoms with van der Waals surface area (Å²) in [7, 11) is 0. The Labute approximate surface area is 106 Å². The van der Waals surface area contributed by atoms with Gasteiger partial charge in [0, 0.05) is 18.1 Å². The lowest BCUT2D eigenvalue weighted by Crippen LogP contribution is -2.12. The SMILES string of the molecule is CCC(=O)OCC(C)SCCCCCC(F)F. The zero-order chi connectivity index (χ0) is 13.1. The molecule has 0 aliphatic heterocycles. The highest BCUT2D eigenvalue weighted by molar-refractivity contribution is 7.99. The molecule has 0 bridgehead atoms. The van der Waals surface area contributed by atoms with Gasteiger partial charge in [-0.3, -0.25) is 4.79 Å². The first-order valence-corrected chi connectivity index (χ1v) is 7.16. The van der Waals surface area contributed by atoms with Crippen molar-refractivity contribution in [2.75, 3.05) is 12.4 Å². The molecule has 102 valence electrons. The smallest absolute Gasteiger partial charge is 0.305 e. The fourth-order valence-electron chi connectivity index (χ4n) is 1.22. The number of esters is 1. The molecule has 0 aromatic carbocycles. The Hall–Kier alpha value is -0.320. The van der Waals surface area contributed by atoms with Gasteiger partial charge in [0.15, 0.2) is 0 Å². The lowest BCUT2D eigenvalue weighted by Gasteiger charge is -2.11. The molecule has 0 aliphatic carbocycles. The maximum absolute atomic E-state index is 11.8. The number of rotatable bonds is 10. The maximum atomic E-state index is 11.8. The van der Waals surface area contributed by atoms with Crippen LogP contribution < -0.4 is 0 Å². The third kappa shape index (κ3) is 11.9. The van der Waals surface area contributed by atoms with Gasteiger partial charge in [0.25, 0.3) is 0 Å². The molecule has 17 heavy (non-hydrogen) atoms. The number of hydrogen-bond acceptors (Lipinski definition) is 3. The van der Waals surface area contributed by atoms with Crippen LogP contribution in [-0.4, -0.2) is 30.0 Å². The van der Waals surface area contributed by atoms with E-state index in [0.717, 1.165) is 18.6 Å². The van der Waals surface area contributed by atoms with Crippen LogP contribution in [0.3, 0.4) is 0 Å². The molecule has 0 radical (unpaired) electrons. The van der Waals surface area contributed by atoms with Crippen LogP contribution in [0.2, 0.25) is 0 Å². The average Bonchev–Trinajstić information content (AvgIpc) is 2.30. The first-order valence-electron chi connectivity index (χ1n) is 6.11. The molecule has 0 fully saturated rings. The molecule has 0 aliphatic rings. The first-order chi connectivity index (χ1) is 8.06. The van der Waals surface area contributed by atoms with Crippen molar-refractivity contribution in [3.05, 3.63) is 0 Å². The molecule has 5 heteroatoms. The highest BCUT2D eigenvalue weighted by atomic mass is 32.2. The van der Waals surface area contributed by atoms with Crippen molar-refractivity contribution >= 4 is 17.7 Å². The second kappa shape index (κ2) is 10.8. The van der Waals surface area contributed by atoms with Gasteiger partial charge in [0.05, 0.1) is 0 Å². The summed E-state index contributed by atoms with van der Waals surface area (Å²) >= 11 is 1.72. The fraction of sp³-hybridized carbons (Fsp3) is 0.917. The molecule has 0 saturated carbocycles. The third-order valence-electron chi connectivity index (χ3n) is 2.24. The van der Waals surface area contributed by atoms with E-state index in [-0.39, 0.29) is 17.6 Å². The van der Waals surface area contributed by atoms with E-state index in [1.807, 2.05) is 6.92 Å². The van der Waals surface area contributed by atoms with Gasteiger partial charge < -0.3 is 4.74 Å². The highest BCUT2D eigenvalue weighted by Gasteiger charge is 2.06. The number of carbonyl (C=O) groups excluding carboxylic acids is 1. The maximum Gasteiger partial charge on any atom is 0.305 e. The predicted octanol–water partition coefficient (Wildman–Crippen LogP) is 3.89. The largest absolute Gasteiger partial charge is 0.465 e. The quantitative estimate of drug-likeness (QED) is 0.444. The lowest BCUT2D eigenvalue weighted by atomic mass is 10.2. The van der Waals surface area contributed by atoms with E-state index in [9.17, 15) is 13.6 Å². The molecule has 0 heterocycles. The summed E-state index contributed by atoms with van der Waals surface area (Å²) < 4.78 is 28.7. The fourth-order valence-corrected chi connectivity index (χ4v) is 2.16. The second-order valence-electron chi connectivity index (χ2n) is 3.96. The van der Waals surface area contributed by atoms with Crippen molar-refractivity contribution in [3.63, 3.8) is 0 Å². The van der Waals surface area contributed by atoms with Crippen LogP contribution in [-0.2, 0) is 9.53 Å². The summed E-state index contributed by atoms with van der Waals surface area (Å²) in [5.41, 5.74) is 0. The number of ether oxygens (including phenoxy) is 1. The number of alkyl halides is 2. The molecule has 2 nitrogen and oxygen atoms in total. The Morgan fingerprint density at radius 3 is 2.59 bits per heavy atom. The normalized spacial score (nSPS) is 12.8. The highest BCUT2D eigenvalue weighted by Crippen LogP contribution is 2.15. The average molecular weight is 268 g/mol. The van der Waals surface area contributed by atoms with E-state index in [4.69, 9.17) is 4.74 Å². The monoisotopic (exact) mass is 268 g/mol. The number of unbranched alkanes of at least 4 members (excludes halogenated alkanes) is 2. The minimum Gasteiger partial charge on any atom is -0.465 e. The van der Waals surface area contributed by atoms with Gasteiger partial charge in [0.2, 0.25) is 6.43 Å². The van der Waals surface area contributed by atoms with Crippen LogP contribution in [0.1, 0.15) is 46.0 Å². The third-order valence-corrected chi connectivity index (χ3v) is 3.47. The van der Waals surface area contributed by atoms with Crippen LogP contribution in [0.4, 0.5) is 8.78 Å². The van der Waals surface area contributed by atoms with E-state index < -0.39 is 6.43 Å². The van der Waals surface area contributed by atoms with Gasteiger partial charge in [-0.2, -0.15) is 11.8 Å². The summed E-state index contributed by atoms with van der Waals surface area (Å²) in [6.07, 6.45) is 0.633. The van der Waals surface area contributed by atoms with Crippen LogP contribution in [0.5, 0.6) is 0 Å². The Morgan fingerprint density at radius 1 is 1.29 bits per heavy atom. The van der Waals surface area contributed by atoms with Crippen molar-refractivity contribution < 1.29 is 18.3 Å². The molecular formula is C12H22F2O2S. The summed E-state index contributed by atoms with van der Waals surface area (Å²) in [6, 6.07) is 0. The van der Waals surface area contributed by atoms with Crippen molar-refractivity contribution in [1.82, 2.24) is 0 Å². The van der Waals surface area contributed by atoms with Gasteiger partial charge in [-0.15, -0.1) is 0 Å². The summed E-state index contributed by atoms with van der Waals surface area (Å²) in [4.78, 5) is 10.9. The van der Waals surface area contributed by atoms with E-state index in [2.05, 4.69) is 0 Å². The van der Waals surface area contributed by atoms with Crippen LogP contribution in [0.25, 0.3) is 0 Å². The van der Waals surface area contributed by atoms with Gasteiger partial charge in [0.1, 0.15) is 6.61 Å². The molecule has 0 rings (SSSR count).